The Morgan fingerprint density at radius 2 is 1.90 bits per heavy atom. The molecule has 8 nitrogen and oxygen atoms in total. The number of nitrogens with one attached hydrogen (secondary N) is 1. The second-order valence-electron chi connectivity index (χ2n) is 7.33. The Morgan fingerprint density at radius 1 is 1.26 bits per heavy atom. The normalized spacial score (nSPS) is 15.0. The summed E-state index contributed by atoms with van der Waals surface area (Å²) >= 11 is 1.62. The number of hydrogen-bond donors (Lipinski definition) is 2. The van der Waals surface area contributed by atoms with Gasteiger partial charge in [0.15, 0.2) is 5.13 Å². The molecule has 0 spiro atoms. The smallest absolute Gasteiger partial charge is 0.290 e. The number of aryl methyl sites for hydroxylation is 2. The second-order valence-corrected chi connectivity index (χ2v) is 8.19. The fraction of sp³-hybridized carbons (Fsp3) is 0.364. The van der Waals surface area contributed by atoms with E-state index in [1.165, 1.54) is 5.56 Å². The molecule has 0 bridgehead atoms. The molecule has 0 radical (unpaired) electrons. The minimum atomic E-state index is -0.250. The summed E-state index contributed by atoms with van der Waals surface area (Å²) in [6.45, 7) is 4.70. The fourth-order valence-corrected chi connectivity index (χ4v) is 4.87. The molecular weight excluding hydrogens is 416 g/mol. The SMILES string of the molecule is CNc1nc(C2(c3ccccc3)CCN(C(=O)c3c(C)noc3C)CC2)cs1.O=CO. The van der Waals surface area contributed by atoms with Gasteiger partial charge >= 0.3 is 0 Å². The summed E-state index contributed by atoms with van der Waals surface area (Å²) < 4.78 is 5.19. The number of carboxylic acid groups (broad SMARTS) is 1. The number of carbonyl (C=O) groups excluding carboxylic acids is 1. The maximum atomic E-state index is 13.0. The van der Waals surface area contributed by atoms with Gasteiger partial charge in [-0.25, -0.2) is 4.98 Å². The van der Waals surface area contributed by atoms with E-state index in [1.54, 1.807) is 18.3 Å². The zero-order valence-corrected chi connectivity index (χ0v) is 18.6. The lowest BCUT2D eigenvalue weighted by molar-refractivity contribution is -0.122. The van der Waals surface area contributed by atoms with Gasteiger partial charge in [-0.15, -0.1) is 11.3 Å². The Bertz CT molecular complexity index is 1000. The van der Waals surface area contributed by atoms with Crippen LogP contribution in [0, 0.1) is 13.8 Å². The number of hydrogen-bond acceptors (Lipinski definition) is 7. The number of rotatable bonds is 4. The van der Waals surface area contributed by atoms with Gasteiger partial charge in [-0.1, -0.05) is 35.5 Å². The van der Waals surface area contributed by atoms with Gasteiger partial charge in [-0.05, 0) is 32.3 Å². The van der Waals surface area contributed by atoms with Crippen molar-refractivity contribution >= 4 is 28.8 Å². The average molecular weight is 443 g/mol. The molecule has 0 aliphatic carbocycles. The van der Waals surface area contributed by atoms with Crippen molar-refractivity contribution in [1.29, 1.82) is 0 Å². The molecule has 4 rings (SSSR count). The first kappa shape index (κ1) is 22.5. The van der Waals surface area contributed by atoms with E-state index in [2.05, 4.69) is 40.1 Å². The van der Waals surface area contributed by atoms with E-state index in [0.717, 1.165) is 23.7 Å². The number of likely N-dealkylation sites (tertiary alicyclic amines) is 1. The van der Waals surface area contributed by atoms with Crippen LogP contribution in [0.25, 0.3) is 0 Å². The van der Waals surface area contributed by atoms with Crippen LogP contribution in [0.4, 0.5) is 5.13 Å². The van der Waals surface area contributed by atoms with Crippen LogP contribution in [0.5, 0.6) is 0 Å². The number of amides is 1. The highest BCUT2D eigenvalue weighted by atomic mass is 32.1. The monoisotopic (exact) mass is 442 g/mol. The molecule has 2 aromatic heterocycles. The maximum Gasteiger partial charge on any atom is 0.290 e. The quantitative estimate of drug-likeness (QED) is 0.593. The lowest BCUT2D eigenvalue weighted by Crippen LogP contribution is -2.46. The van der Waals surface area contributed by atoms with Gasteiger partial charge in [0.1, 0.15) is 11.3 Å². The number of piperidine rings is 1. The van der Waals surface area contributed by atoms with Crippen LogP contribution >= 0.6 is 11.3 Å². The summed E-state index contributed by atoms with van der Waals surface area (Å²) in [5, 5.41) is 17.0. The van der Waals surface area contributed by atoms with Crippen LogP contribution in [0.1, 0.15) is 45.9 Å². The first-order valence-electron chi connectivity index (χ1n) is 9.96. The van der Waals surface area contributed by atoms with E-state index >= 15 is 0 Å². The largest absolute Gasteiger partial charge is 0.483 e. The van der Waals surface area contributed by atoms with Crippen LogP contribution < -0.4 is 5.32 Å². The second kappa shape index (κ2) is 9.74. The molecule has 1 aromatic carbocycles. The summed E-state index contributed by atoms with van der Waals surface area (Å²) in [5.74, 6) is 0.590. The number of anilines is 1. The van der Waals surface area contributed by atoms with E-state index in [0.29, 0.717) is 30.1 Å². The summed E-state index contributed by atoms with van der Waals surface area (Å²) in [7, 11) is 1.89. The molecule has 1 aliphatic rings. The third kappa shape index (κ3) is 4.46. The zero-order valence-electron chi connectivity index (χ0n) is 17.8. The van der Waals surface area contributed by atoms with Crippen LogP contribution in [-0.4, -0.2) is 52.7 Å². The highest BCUT2D eigenvalue weighted by Gasteiger charge is 2.41. The molecule has 1 aliphatic heterocycles. The van der Waals surface area contributed by atoms with E-state index in [4.69, 9.17) is 19.4 Å². The minimum absolute atomic E-state index is 0.00658. The molecule has 0 saturated carbocycles. The first-order chi connectivity index (χ1) is 15.0. The number of nitrogens with zero attached hydrogens (tertiary/aromatic N) is 3. The maximum absolute atomic E-state index is 13.0. The van der Waals surface area contributed by atoms with Crippen molar-refractivity contribution in [2.75, 3.05) is 25.5 Å². The third-order valence-electron chi connectivity index (χ3n) is 5.69. The molecule has 1 fully saturated rings. The van der Waals surface area contributed by atoms with E-state index in [-0.39, 0.29) is 17.8 Å². The topological polar surface area (TPSA) is 109 Å². The molecule has 2 N–H and O–H groups in total. The molecule has 31 heavy (non-hydrogen) atoms. The minimum Gasteiger partial charge on any atom is -0.483 e. The molecule has 164 valence electrons. The van der Waals surface area contributed by atoms with Gasteiger partial charge in [0, 0.05) is 30.9 Å². The molecule has 0 atom stereocenters. The fourth-order valence-electron chi connectivity index (χ4n) is 4.10. The van der Waals surface area contributed by atoms with Crippen LogP contribution in [0.15, 0.2) is 40.2 Å². The summed E-state index contributed by atoms with van der Waals surface area (Å²) in [4.78, 5) is 28.1. The van der Waals surface area contributed by atoms with Crippen molar-refractivity contribution < 1.29 is 19.2 Å². The molecule has 3 aromatic rings. The van der Waals surface area contributed by atoms with Gasteiger partial charge < -0.3 is 19.8 Å². The highest BCUT2D eigenvalue weighted by Crippen LogP contribution is 2.42. The highest BCUT2D eigenvalue weighted by molar-refractivity contribution is 7.13. The van der Waals surface area contributed by atoms with E-state index in [1.807, 2.05) is 24.9 Å². The number of thiazole rings is 1. The summed E-state index contributed by atoms with van der Waals surface area (Å²) in [6.07, 6.45) is 1.66. The van der Waals surface area contributed by atoms with Crippen molar-refractivity contribution in [1.82, 2.24) is 15.0 Å². The Kier molecular flexibility index (Phi) is 7.06. The zero-order chi connectivity index (χ0) is 22.4. The summed E-state index contributed by atoms with van der Waals surface area (Å²) in [5.41, 5.74) is 3.41. The van der Waals surface area contributed by atoms with Gasteiger partial charge in [-0.2, -0.15) is 0 Å². The number of carbonyl (C=O) groups is 2. The van der Waals surface area contributed by atoms with Crippen LogP contribution in [0.2, 0.25) is 0 Å². The van der Waals surface area contributed by atoms with Crippen molar-refractivity contribution in [2.45, 2.75) is 32.1 Å². The molecule has 0 unspecified atom stereocenters. The van der Waals surface area contributed by atoms with Crippen molar-refractivity contribution in [3.05, 3.63) is 64.0 Å². The van der Waals surface area contributed by atoms with Crippen molar-refractivity contribution in [2.24, 2.45) is 0 Å². The Morgan fingerprint density at radius 3 is 2.42 bits per heavy atom. The van der Waals surface area contributed by atoms with E-state index < -0.39 is 0 Å². The third-order valence-corrected chi connectivity index (χ3v) is 6.55. The first-order valence-corrected chi connectivity index (χ1v) is 10.8. The van der Waals surface area contributed by atoms with Crippen LogP contribution in [0.3, 0.4) is 0 Å². The Balaban J connectivity index is 0.000000858. The predicted molar refractivity (Wildman–Crippen MR) is 119 cm³/mol. The molecular formula is C22H26N4O4S. The van der Waals surface area contributed by atoms with Gasteiger partial charge in [0.2, 0.25) is 0 Å². The number of benzene rings is 1. The van der Waals surface area contributed by atoms with Gasteiger partial charge in [0.25, 0.3) is 12.4 Å². The van der Waals surface area contributed by atoms with Crippen molar-refractivity contribution in [3.8, 4) is 0 Å². The summed E-state index contributed by atoms with van der Waals surface area (Å²) in [6, 6.07) is 10.5. The molecule has 1 amide bonds. The molecule has 3 heterocycles. The standard InChI is InChI=1S/C21H24N4O2S.CH2O2/c1-14-18(15(2)27-24-14)19(26)25-11-9-21(10-12-25,16-7-5-4-6-8-16)17-13-28-20(22-3)23-17;2-1-3/h4-8,13H,9-12H2,1-3H3,(H,22,23);1H,(H,2,3). The number of aromatic nitrogens is 2. The Labute approximate surface area is 184 Å². The van der Waals surface area contributed by atoms with Gasteiger partial charge in [-0.3, -0.25) is 9.59 Å². The predicted octanol–water partition coefficient (Wildman–Crippen LogP) is 3.71. The van der Waals surface area contributed by atoms with Gasteiger partial charge in [0.05, 0.1) is 11.4 Å². The molecule has 9 heteroatoms. The molecule has 1 saturated heterocycles. The average Bonchev–Trinajstić information content (AvgIpc) is 3.41. The Hall–Kier alpha value is -3.20. The van der Waals surface area contributed by atoms with E-state index in [9.17, 15) is 4.79 Å². The lowest BCUT2D eigenvalue weighted by atomic mass is 9.70. The van der Waals surface area contributed by atoms with Crippen molar-refractivity contribution in [3.63, 3.8) is 0 Å². The van der Waals surface area contributed by atoms with Crippen LogP contribution in [-0.2, 0) is 10.2 Å². The lowest BCUT2D eigenvalue weighted by Gasteiger charge is -2.41.